The second kappa shape index (κ2) is 5.83. The van der Waals surface area contributed by atoms with Gasteiger partial charge in [-0.2, -0.15) is 13.2 Å². The number of nitrogens with zero attached hydrogens (tertiary/aromatic N) is 1. The molecule has 0 aliphatic carbocycles. The molecule has 0 radical (unpaired) electrons. The second-order valence-corrected chi connectivity index (χ2v) is 4.99. The highest BCUT2D eigenvalue weighted by Gasteiger charge is 2.41. The van der Waals surface area contributed by atoms with Gasteiger partial charge in [-0.1, -0.05) is 0 Å². The van der Waals surface area contributed by atoms with Crippen LogP contribution in [0.15, 0.2) is 18.2 Å². The Labute approximate surface area is 120 Å². The maximum Gasteiger partial charge on any atom is 0.391 e. The molecule has 1 N–H and O–H groups in total. The van der Waals surface area contributed by atoms with E-state index in [0.29, 0.717) is 5.75 Å². The Balaban J connectivity index is 2.09. The van der Waals surface area contributed by atoms with Gasteiger partial charge in [0, 0.05) is 13.1 Å². The molecule has 1 heterocycles. The summed E-state index contributed by atoms with van der Waals surface area (Å²) in [6, 6.07) is 4.21. The Bertz CT molecular complexity index is 523. The van der Waals surface area contributed by atoms with E-state index in [-0.39, 0.29) is 37.2 Å². The van der Waals surface area contributed by atoms with E-state index in [1.807, 2.05) is 0 Å². The van der Waals surface area contributed by atoms with Gasteiger partial charge >= 0.3 is 6.18 Å². The van der Waals surface area contributed by atoms with Gasteiger partial charge in [0.15, 0.2) is 0 Å². The number of piperidine rings is 1. The lowest BCUT2D eigenvalue weighted by Gasteiger charge is -2.33. The number of hydrogen-bond acceptors (Lipinski definition) is 3. The fraction of sp³-hybridized carbons (Fsp3) is 0.500. The Morgan fingerprint density at radius 1 is 1.33 bits per heavy atom. The lowest BCUT2D eigenvalue weighted by atomic mass is 9.96. The van der Waals surface area contributed by atoms with Crippen LogP contribution in [-0.2, 0) is 0 Å². The van der Waals surface area contributed by atoms with Crippen molar-refractivity contribution in [3.05, 3.63) is 23.8 Å². The third kappa shape index (κ3) is 3.40. The Morgan fingerprint density at radius 3 is 2.48 bits per heavy atom. The van der Waals surface area contributed by atoms with Crippen LogP contribution in [0.25, 0.3) is 0 Å². The van der Waals surface area contributed by atoms with Crippen LogP contribution in [0, 0.1) is 5.92 Å². The summed E-state index contributed by atoms with van der Waals surface area (Å²) in [5.41, 5.74) is 0.0415. The van der Waals surface area contributed by atoms with E-state index in [1.165, 1.54) is 30.2 Å². The predicted octanol–water partition coefficient (Wildman–Crippen LogP) is 2.82. The lowest BCUT2D eigenvalue weighted by Crippen LogP contribution is -2.42. The maximum absolute atomic E-state index is 12.6. The number of halogens is 3. The van der Waals surface area contributed by atoms with Crippen LogP contribution in [0.4, 0.5) is 13.2 Å². The first-order chi connectivity index (χ1) is 9.82. The zero-order valence-corrected chi connectivity index (χ0v) is 11.5. The third-order valence-electron chi connectivity index (χ3n) is 3.68. The van der Waals surface area contributed by atoms with Crippen LogP contribution in [0.1, 0.15) is 23.2 Å². The average molecular weight is 303 g/mol. The minimum atomic E-state index is -4.22. The van der Waals surface area contributed by atoms with Crippen LogP contribution >= 0.6 is 0 Å². The number of carbonyl (C=O) groups excluding carboxylic acids is 1. The molecule has 2 rings (SSSR count). The van der Waals surface area contributed by atoms with Gasteiger partial charge in [0.1, 0.15) is 11.5 Å². The number of likely N-dealkylation sites (tertiary alicyclic amines) is 1. The molecular weight excluding hydrogens is 287 g/mol. The highest BCUT2D eigenvalue weighted by Crippen LogP contribution is 2.35. The fourth-order valence-electron chi connectivity index (χ4n) is 2.39. The molecule has 0 aromatic heterocycles. The Morgan fingerprint density at radius 2 is 1.95 bits per heavy atom. The molecule has 1 aromatic carbocycles. The smallest absolute Gasteiger partial charge is 0.391 e. The molecule has 1 saturated heterocycles. The maximum atomic E-state index is 12.6. The molecule has 0 atom stereocenters. The number of benzene rings is 1. The van der Waals surface area contributed by atoms with Gasteiger partial charge in [0.2, 0.25) is 0 Å². The van der Waals surface area contributed by atoms with Crippen molar-refractivity contribution in [2.45, 2.75) is 19.0 Å². The van der Waals surface area contributed by atoms with E-state index in [2.05, 4.69) is 0 Å². The van der Waals surface area contributed by atoms with E-state index in [1.54, 1.807) is 0 Å². The van der Waals surface area contributed by atoms with Crippen molar-refractivity contribution in [2.24, 2.45) is 5.92 Å². The summed E-state index contributed by atoms with van der Waals surface area (Å²) in [6.07, 6.45) is -4.44. The van der Waals surface area contributed by atoms with E-state index in [9.17, 15) is 23.1 Å². The molecule has 1 aromatic rings. The first-order valence-corrected chi connectivity index (χ1v) is 6.56. The third-order valence-corrected chi connectivity index (χ3v) is 3.68. The van der Waals surface area contributed by atoms with Crippen molar-refractivity contribution < 1.29 is 27.8 Å². The van der Waals surface area contributed by atoms with Crippen LogP contribution in [0.3, 0.4) is 0 Å². The highest BCUT2D eigenvalue weighted by atomic mass is 19.4. The van der Waals surface area contributed by atoms with Crippen molar-refractivity contribution in [3.63, 3.8) is 0 Å². The summed E-state index contributed by atoms with van der Waals surface area (Å²) in [6.45, 7) is 0.0549. The topological polar surface area (TPSA) is 49.8 Å². The number of amides is 1. The monoisotopic (exact) mass is 303 g/mol. The van der Waals surface area contributed by atoms with Gasteiger partial charge < -0.3 is 14.7 Å². The molecule has 1 amide bonds. The molecule has 4 nitrogen and oxygen atoms in total. The zero-order valence-electron chi connectivity index (χ0n) is 11.5. The minimum absolute atomic E-state index is 0.0274. The van der Waals surface area contributed by atoms with Gasteiger partial charge in [-0.15, -0.1) is 0 Å². The predicted molar refractivity (Wildman–Crippen MR) is 69.3 cm³/mol. The number of phenols is 1. The lowest BCUT2D eigenvalue weighted by molar-refractivity contribution is -0.183. The molecule has 7 heteroatoms. The zero-order chi connectivity index (χ0) is 15.6. The first kappa shape index (κ1) is 15.5. The second-order valence-electron chi connectivity index (χ2n) is 4.99. The van der Waals surface area contributed by atoms with Crippen molar-refractivity contribution in [1.29, 1.82) is 0 Å². The summed E-state index contributed by atoms with van der Waals surface area (Å²) in [7, 11) is 1.43. The number of aromatic hydroxyl groups is 1. The minimum Gasteiger partial charge on any atom is -0.507 e. The number of alkyl halides is 3. The van der Waals surface area contributed by atoms with Crippen molar-refractivity contribution in [1.82, 2.24) is 4.90 Å². The van der Waals surface area contributed by atoms with Crippen LogP contribution in [-0.4, -0.2) is 42.3 Å². The van der Waals surface area contributed by atoms with Crippen molar-refractivity contribution >= 4 is 5.91 Å². The summed E-state index contributed by atoms with van der Waals surface area (Å²) in [5.74, 6) is -1.65. The fourth-order valence-corrected chi connectivity index (χ4v) is 2.39. The molecule has 0 bridgehead atoms. The summed E-state index contributed by atoms with van der Waals surface area (Å²) < 4.78 is 42.8. The van der Waals surface area contributed by atoms with E-state index >= 15 is 0 Å². The molecule has 116 valence electrons. The normalized spacial score (nSPS) is 16.9. The SMILES string of the molecule is COc1ccc(O)c(C(=O)N2CCC(C(F)(F)F)CC2)c1. The molecule has 1 aliphatic heterocycles. The van der Waals surface area contributed by atoms with E-state index in [0.717, 1.165) is 0 Å². The standard InChI is InChI=1S/C14H16F3NO3/c1-21-10-2-3-12(19)11(8-10)13(20)18-6-4-9(5-7-18)14(15,16)17/h2-3,8-9,19H,4-7H2,1H3. The van der Waals surface area contributed by atoms with Crippen LogP contribution < -0.4 is 4.74 Å². The average Bonchev–Trinajstić information content (AvgIpc) is 2.46. The first-order valence-electron chi connectivity index (χ1n) is 6.56. The molecule has 1 aliphatic rings. The number of hydrogen-bond donors (Lipinski definition) is 1. The van der Waals surface area contributed by atoms with Crippen LogP contribution in [0.2, 0.25) is 0 Å². The molecule has 0 unspecified atom stereocenters. The Hall–Kier alpha value is -1.92. The summed E-state index contributed by atoms with van der Waals surface area (Å²) >= 11 is 0. The summed E-state index contributed by atoms with van der Waals surface area (Å²) in [4.78, 5) is 13.6. The van der Waals surface area contributed by atoms with Crippen molar-refractivity contribution in [2.75, 3.05) is 20.2 Å². The number of ether oxygens (including phenoxy) is 1. The van der Waals surface area contributed by atoms with Gasteiger partial charge in [0.25, 0.3) is 5.91 Å². The van der Waals surface area contributed by atoms with Gasteiger partial charge in [-0.05, 0) is 31.0 Å². The molecule has 21 heavy (non-hydrogen) atoms. The number of carbonyl (C=O) groups is 1. The van der Waals surface area contributed by atoms with Crippen LogP contribution in [0.5, 0.6) is 11.5 Å². The number of rotatable bonds is 2. The molecular formula is C14H16F3NO3. The molecule has 1 fully saturated rings. The van der Waals surface area contributed by atoms with Crippen molar-refractivity contribution in [3.8, 4) is 11.5 Å². The number of phenolic OH excluding ortho intramolecular Hbond substituents is 1. The van der Waals surface area contributed by atoms with E-state index in [4.69, 9.17) is 4.74 Å². The highest BCUT2D eigenvalue weighted by molar-refractivity contribution is 5.97. The quantitative estimate of drug-likeness (QED) is 0.914. The van der Waals surface area contributed by atoms with Gasteiger partial charge in [0.05, 0.1) is 18.6 Å². The summed E-state index contributed by atoms with van der Waals surface area (Å²) in [5, 5.41) is 9.73. The number of methoxy groups -OCH3 is 1. The Kier molecular flexibility index (Phi) is 4.29. The molecule has 0 saturated carbocycles. The van der Waals surface area contributed by atoms with E-state index < -0.39 is 18.0 Å². The van der Waals surface area contributed by atoms with Gasteiger partial charge in [-0.25, -0.2) is 0 Å². The largest absolute Gasteiger partial charge is 0.507 e. The van der Waals surface area contributed by atoms with Gasteiger partial charge in [-0.3, -0.25) is 4.79 Å². The molecule has 0 spiro atoms.